The van der Waals surface area contributed by atoms with Gasteiger partial charge in [-0.3, -0.25) is 19.3 Å². The number of rotatable bonds is 6. The van der Waals surface area contributed by atoms with Gasteiger partial charge in [-0.15, -0.1) is 10.2 Å². The fourth-order valence-corrected chi connectivity index (χ4v) is 4.37. The van der Waals surface area contributed by atoms with Crippen LogP contribution in [-0.4, -0.2) is 46.5 Å². The lowest BCUT2D eigenvalue weighted by atomic mass is 9.85. The number of nitrogens with zero attached hydrogens (tertiary/aromatic N) is 3. The Morgan fingerprint density at radius 1 is 1.14 bits per heavy atom. The van der Waals surface area contributed by atoms with Crippen molar-refractivity contribution in [3.05, 3.63) is 36.4 Å². The number of hydrogen-bond donors (Lipinski definition) is 1. The molecule has 1 fully saturated rings. The van der Waals surface area contributed by atoms with Gasteiger partial charge in [0.15, 0.2) is 0 Å². The molecule has 1 aromatic carbocycles. The Labute approximate surface area is 171 Å². The van der Waals surface area contributed by atoms with Crippen LogP contribution in [0.4, 0.5) is 5.13 Å². The summed E-state index contributed by atoms with van der Waals surface area (Å²) in [5, 5.41) is 11.8. The fraction of sp³-hybridized carbons (Fsp3) is 0.350. The number of ether oxygens (including phenoxy) is 1. The van der Waals surface area contributed by atoms with Crippen LogP contribution in [-0.2, 0) is 14.4 Å². The molecule has 2 atom stereocenters. The molecule has 1 saturated heterocycles. The molecular weight excluding hydrogens is 392 g/mol. The second-order valence-corrected chi connectivity index (χ2v) is 7.90. The number of likely N-dealkylation sites (tertiary alicyclic amines) is 1. The molecule has 0 unspecified atom stereocenters. The molecule has 1 aliphatic heterocycles. The highest BCUT2D eigenvalue weighted by Gasteiger charge is 2.46. The molecule has 29 heavy (non-hydrogen) atoms. The van der Waals surface area contributed by atoms with Gasteiger partial charge in [0.1, 0.15) is 10.8 Å². The lowest BCUT2D eigenvalue weighted by Crippen LogP contribution is -2.34. The SMILES string of the molecule is COc1ccc(-c2nnc(NC(=O)CCN3C(=O)[C@H]4CC=CC[C@H]4C3=O)s2)cc1. The van der Waals surface area contributed by atoms with Crippen molar-refractivity contribution in [1.82, 2.24) is 15.1 Å². The number of nitrogens with one attached hydrogen (secondary N) is 1. The molecule has 0 radical (unpaired) electrons. The zero-order chi connectivity index (χ0) is 20.4. The number of carbonyl (C=O) groups is 3. The fourth-order valence-electron chi connectivity index (χ4n) is 3.61. The van der Waals surface area contributed by atoms with Crippen LogP contribution in [0.2, 0.25) is 0 Å². The Morgan fingerprint density at radius 2 is 1.79 bits per heavy atom. The first-order valence-corrected chi connectivity index (χ1v) is 10.2. The molecule has 8 nitrogen and oxygen atoms in total. The van der Waals surface area contributed by atoms with Crippen LogP contribution < -0.4 is 10.1 Å². The third kappa shape index (κ3) is 3.91. The van der Waals surface area contributed by atoms with Gasteiger partial charge in [0.25, 0.3) is 0 Å². The Bertz CT molecular complexity index is 943. The van der Waals surface area contributed by atoms with E-state index in [4.69, 9.17) is 4.74 Å². The summed E-state index contributed by atoms with van der Waals surface area (Å²) in [6.07, 6.45) is 5.10. The van der Waals surface area contributed by atoms with Crippen molar-refractivity contribution in [2.45, 2.75) is 19.3 Å². The van der Waals surface area contributed by atoms with Crippen LogP contribution in [0.1, 0.15) is 19.3 Å². The summed E-state index contributed by atoms with van der Waals surface area (Å²) in [5.74, 6) is -0.453. The largest absolute Gasteiger partial charge is 0.497 e. The average Bonchev–Trinajstić information content (AvgIpc) is 3.30. The maximum absolute atomic E-state index is 12.4. The Hall–Kier alpha value is -3.07. The quantitative estimate of drug-likeness (QED) is 0.578. The molecule has 2 aliphatic rings. The van der Waals surface area contributed by atoms with Gasteiger partial charge in [-0.05, 0) is 37.1 Å². The number of benzene rings is 1. The number of allylic oxidation sites excluding steroid dienone is 2. The number of hydrogen-bond acceptors (Lipinski definition) is 7. The summed E-state index contributed by atoms with van der Waals surface area (Å²) in [7, 11) is 1.60. The van der Waals surface area contributed by atoms with E-state index in [9.17, 15) is 14.4 Å². The zero-order valence-corrected chi connectivity index (χ0v) is 16.6. The number of amides is 3. The van der Waals surface area contributed by atoms with E-state index >= 15 is 0 Å². The normalized spacial score (nSPS) is 20.7. The van der Waals surface area contributed by atoms with Crippen molar-refractivity contribution in [2.75, 3.05) is 19.0 Å². The summed E-state index contributed by atoms with van der Waals surface area (Å²) in [5.41, 5.74) is 0.869. The van der Waals surface area contributed by atoms with E-state index in [2.05, 4.69) is 15.5 Å². The van der Waals surface area contributed by atoms with Gasteiger partial charge < -0.3 is 10.1 Å². The first kappa shape index (κ1) is 19.3. The van der Waals surface area contributed by atoms with Gasteiger partial charge in [0, 0.05) is 18.5 Å². The molecule has 0 bridgehead atoms. The predicted octanol–water partition coefficient (Wildman–Crippen LogP) is 2.49. The Balaban J connectivity index is 1.33. The molecule has 0 saturated carbocycles. The molecule has 2 aromatic rings. The average molecular weight is 412 g/mol. The third-order valence-electron chi connectivity index (χ3n) is 5.17. The van der Waals surface area contributed by atoms with Crippen molar-refractivity contribution >= 4 is 34.2 Å². The van der Waals surface area contributed by atoms with Crippen LogP contribution in [0, 0.1) is 11.8 Å². The van der Waals surface area contributed by atoms with Crippen LogP contribution in [0.5, 0.6) is 5.75 Å². The monoisotopic (exact) mass is 412 g/mol. The number of aromatic nitrogens is 2. The maximum atomic E-state index is 12.4. The summed E-state index contributed by atoms with van der Waals surface area (Å²) in [6.45, 7) is 0.0840. The highest BCUT2D eigenvalue weighted by Crippen LogP contribution is 2.35. The number of imide groups is 1. The second kappa shape index (κ2) is 8.12. The van der Waals surface area contributed by atoms with E-state index in [-0.39, 0.29) is 42.5 Å². The molecule has 4 rings (SSSR count). The molecule has 1 aromatic heterocycles. The van der Waals surface area contributed by atoms with Gasteiger partial charge in [-0.2, -0.15) is 0 Å². The van der Waals surface area contributed by atoms with Crippen molar-refractivity contribution in [2.24, 2.45) is 11.8 Å². The Kier molecular flexibility index (Phi) is 5.39. The van der Waals surface area contributed by atoms with Crippen LogP contribution in [0.15, 0.2) is 36.4 Å². The first-order valence-electron chi connectivity index (χ1n) is 9.35. The Morgan fingerprint density at radius 3 is 2.41 bits per heavy atom. The lowest BCUT2D eigenvalue weighted by molar-refractivity contribution is -0.140. The third-order valence-corrected chi connectivity index (χ3v) is 6.06. The van der Waals surface area contributed by atoms with Gasteiger partial charge in [0.2, 0.25) is 22.9 Å². The zero-order valence-electron chi connectivity index (χ0n) is 15.8. The highest BCUT2D eigenvalue weighted by atomic mass is 32.1. The van der Waals surface area contributed by atoms with E-state index in [1.54, 1.807) is 7.11 Å². The summed E-state index contributed by atoms with van der Waals surface area (Å²) in [4.78, 5) is 38.4. The lowest BCUT2D eigenvalue weighted by Gasteiger charge is -2.14. The number of anilines is 1. The number of carbonyl (C=O) groups excluding carboxylic acids is 3. The number of methoxy groups -OCH3 is 1. The maximum Gasteiger partial charge on any atom is 0.233 e. The molecule has 150 valence electrons. The number of fused-ring (bicyclic) bond motifs is 1. The van der Waals surface area contributed by atoms with Gasteiger partial charge in [0.05, 0.1) is 18.9 Å². The summed E-state index contributed by atoms with van der Waals surface area (Å²) < 4.78 is 5.13. The summed E-state index contributed by atoms with van der Waals surface area (Å²) >= 11 is 1.25. The first-order chi connectivity index (χ1) is 14.1. The van der Waals surface area contributed by atoms with Crippen LogP contribution in [0.25, 0.3) is 10.6 Å². The predicted molar refractivity (Wildman–Crippen MR) is 107 cm³/mol. The molecule has 0 spiro atoms. The van der Waals surface area contributed by atoms with E-state index in [1.165, 1.54) is 16.2 Å². The van der Waals surface area contributed by atoms with Crippen LogP contribution in [0.3, 0.4) is 0 Å². The van der Waals surface area contributed by atoms with E-state index in [0.717, 1.165) is 11.3 Å². The minimum absolute atomic E-state index is 0.0296. The van der Waals surface area contributed by atoms with E-state index in [1.807, 2.05) is 36.4 Å². The molecule has 2 heterocycles. The van der Waals surface area contributed by atoms with Crippen molar-refractivity contribution in [3.63, 3.8) is 0 Å². The van der Waals surface area contributed by atoms with Crippen molar-refractivity contribution in [1.29, 1.82) is 0 Å². The second-order valence-electron chi connectivity index (χ2n) is 6.92. The molecule has 9 heteroatoms. The minimum atomic E-state index is -0.309. The van der Waals surface area contributed by atoms with E-state index < -0.39 is 0 Å². The molecule has 1 N–H and O–H groups in total. The van der Waals surface area contributed by atoms with Gasteiger partial charge >= 0.3 is 0 Å². The molecule has 1 aliphatic carbocycles. The minimum Gasteiger partial charge on any atom is -0.497 e. The standard InChI is InChI=1S/C20H20N4O4S/c1-28-13-8-6-12(7-9-13)17-22-23-20(29-17)21-16(25)10-11-24-18(26)14-4-2-3-5-15(14)19(24)27/h2-3,6-9,14-15H,4-5,10-11H2,1H3,(H,21,23,25)/t14-,15+. The van der Waals surface area contributed by atoms with Crippen molar-refractivity contribution < 1.29 is 19.1 Å². The van der Waals surface area contributed by atoms with Gasteiger partial charge in [-0.1, -0.05) is 23.5 Å². The summed E-state index contributed by atoms with van der Waals surface area (Å²) in [6, 6.07) is 7.38. The topological polar surface area (TPSA) is 101 Å². The molecule has 3 amide bonds. The highest BCUT2D eigenvalue weighted by molar-refractivity contribution is 7.18. The molecular formula is C20H20N4O4S. The van der Waals surface area contributed by atoms with Crippen LogP contribution >= 0.6 is 11.3 Å². The van der Waals surface area contributed by atoms with E-state index in [0.29, 0.717) is 23.0 Å². The van der Waals surface area contributed by atoms with Crippen molar-refractivity contribution in [3.8, 4) is 16.3 Å². The smallest absolute Gasteiger partial charge is 0.233 e. The van der Waals surface area contributed by atoms with Gasteiger partial charge in [-0.25, -0.2) is 0 Å².